The number of carbonyl (C=O) groups excluding carboxylic acids is 1. The number of aryl methyl sites for hydroxylation is 1. The number of rotatable bonds is 3. The van der Waals surface area contributed by atoms with Gasteiger partial charge in [-0.3, -0.25) is 4.79 Å². The fourth-order valence-corrected chi connectivity index (χ4v) is 1.51. The monoisotopic (exact) mass is 216 g/mol. The van der Waals surface area contributed by atoms with Crippen molar-refractivity contribution in [1.29, 1.82) is 0 Å². The van der Waals surface area contributed by atoms with Gasteiger partial charge in [0.1, 0.15) is 5.82 Å². The summed E-state index contributed by atoms with van der Waals surface area (Å²) in [5.74, 6) is 0.700. The summed E-state index contributed by atoms with van der Waals surface area (Å²) < 4.78 is 5.13. The Hall–Kier alpha value is -2.10. The minimum atomic E-state index is -0.0813. The second kappa shape index (κ2) is 4.18. The van der Waals surface area contributed by atoms with E-state index in [0.717, 1.165) is 11.1 Å². The first-order valence-corrected chi connectivity index (χ1v) is 4.95. The molecule has 82 valence electrons. The number of nitrogens with zero attached hydrogens (tertiary/aromatic N) is 1. The number of aromatic nitrogens is 1. The van der Waals surface area contributed by atoms with Gasteiger partial charge in [-0.15, -0.1) is 0 Å². The predicted octanol–water partition coefficient (Wildman–Crippen LogP) is 1.99. The molecule has 0 radical (unpaired) electrons. The fraction of sp³-hybridized carbons (Fsp3) is 0.167. The highest BCUT2D eigenvalue weighted by atomic mass is 16.3. The van der Waals surface area contributed by atoms with Gasteiger partial charge in [0.25, 0.3) is 0 Å². The van der Waals surface area contributed by atoms with Crippen molar-refractivity contribution in [2.75, 3.05) is 5.73 Å². The summed E-state index contributed by atoms with van der Waals surface area (Å²) >= 11 is 0. The number of anilines is 1. The zero-order valence-electron chi connectivity index (χ0n) is 8.93. The third kappa shape index (κ3) is 1.95. The van der Waals surface area contributed by atoms with Crippen LogP contribution in [-0.4, -0.2) is 10.8 Å². The predicted molar refractivity (Wildman–Crippen MR) is 60.1 cm³/mol. The number of furan rings is 1. The van der Waals surface area contributed by atoms with Gasteiger partial charge in [-0.1, -0.05) is 6.07 Å². The Morgan fingerprint density at radius 3 is 2.94 bits per heavy atom. The number of hydrogen-bond acceptors (Lipinski definition) is 4. The largest absolute Gasteiger partial charge is 0.461 e. The topological polar surface area (TPSA) is 69.1 Å². The van der Waals surface area contributed by atoms with E-state index in [2.05, 4.69) is 4.98 Å². The number of nitrogen functional groups attached to an aromatic ring is 1. The fourth-order valence-electron chi connectivity index (χ4n) is 1.51. The Morgan fingerprint density at radius 2 is 2.31 bits per heavy atom. The molecule has 0 amide bonds. The Balaban J connectivity index is 2.21. The quantitative estimate of drug-likeness (QED) is 0.796. The average Bonchev–Trinajstić information content (AvgIpc) is 2.68. The molecule has 0 atom stereocenters. The summed E-state index contributed by atoms with van der Waals surface area (Å²) in [6.45, 7) is 1.84. The van der Waals surface area contributed by atoms with Crippen molar-refractivity contribution in [2.45, 2.75) is 13.3 Å². The average molecular weight is 216 g/mol. The van der Waals surface area contributed by atoms with E-state index < -0.39 is 0 Å². The van der Waals surface area contributed by atoms with Gasteiger partial charge in [-0.25, -0.2) is 4.98 Å². The molecule has 0 aliphatic heterocycles. The van der Waals surface area contributed by atoms with Crippen molar-refractivity contribution in [3.8, 4) is 0 Å². The van der Waals surface area contributed by atoms with Crippen LogP contribution in [0.5, 0.6) is 0 Å². The van der Waals surface area contributed by atoms with E-state index in [-0.39, 0.29) is 12.2 Å². The molecule has 2 aromatic heterocycles. The van der Waals surface area contributed by atoms with Crippen LogP contribution in [0.15, 0.2) is 35.1 Å². The molecule has 0 aliphatic rings. The van der Waals surface area contributed by atoms with E-state index in [1.54, 1.807) is 24.4 Å². The number of carbonyl (C=O) groups is 1. The minimum Gasteiger partial charge on any atom is -0.461 e. The first-order valence-electron chi connectivity index (χ1n) is 4.95. The lowest BCUT2D eigenvalue weighted by Gasteiger charge is -2.02. The van der Waals surface area contributed by atoms with Gasteiger partial charge in [0, 0.05) is 18.2 Å². The van der Waals surface area contributed by atoms with Gasteiger partial charge in [0.2, 0.25) is 5.78 Å². The van der Waals surface area contributed by atoms with Crippen molar-refractivity contribution in [2.24, 2.45) is 0 Å². The molecule has 2 aromatic rings. The van der Waals surface area contributed by atoms with Crippen molar-refractivity contribution < 1.29 is 9.21 Å². The number of Topliss-reactive ketones (excluding diaryl/α,β-unsaturated/α-hetero) is 1. The van der Waals surface area contributed by atoms with Crippen molar-refractivity contribution in [3.05, 3.63) is 47.5 Å². The van der Waals surface area contributed by atoms with Crippen LogP contribution in [0.4, 0.5) is 5.82 Å². The van der Waals surface area contributed by atoms with E-state index >= 15 is 0 Å². The molecule has 0 saturated carbocycles. The highest BCUT2D eigenvalue weighted by molar-refractivity contribution is 5.96. The Bertz CT molecular complexity index is 517. The van der Waals surface area contributed by atoms with Crippen LogP contribution >= 0.6 is 0 Å². The number of pyridine rings is 1. The Labute approximate surface area is 93.1 Å². The highest BCUT2D eigenvalue weighted by Crippen LogP contribution is 2.15. The molecule has 0 bridgehead atoms. The van der Waals surface area contributed by atoms with Crippen LogP contribution < -0.4 is 5.73 Å². The molecule has 2 N–H and O–H groups in total. The van der Waals surface area contributed by atoms with Crippen molar-refractivity contribution >= 4 is 11.6 Å². The summed E-state index contributed by atoms with van der Waals surface area (Å²) in [5, 5.41) is 0. The third-order valence-corrected chi connectivity index (χ3v) is 2.39. The second-order valence-corrected chi connectivity index (χ2v) is 3.58. The van der Waals surface area contributed by atoms with Crippen LogP contribution in [0.25, 0.3) is 0 Å². The maximum absolute atomic E-state index is 11.9. The van der Waals surface area contributed by atoms with E-state index in [4.69, 9.17) is 10.2 Å². The second-order valence-electron chi connectivity index (χ2n) is 3.58. The van der Waals surface area contributed by atoms with E-state index in [1.165, 1.54) is 6.26 Å². The molecule has 0 saturated heterocycles. The molecule has 4 heteroatoms. The Kier molecular flexibility index (Phi) is 2.72. The van der Waals surface area contributed by atoms with Crippen molar-refractivity contribution in [3.63, 3.8) is 0 Å². The van der Waals surface area contributed by atoms with Gasteiger partial charge < -0.3 is 10.2 Å². The maximum Gasteiger partial charge on any atom is 0.202 e. The third-order valence-electron chi connectivity index (χ3n) is 2.39. The maximum atomic E-state index is 11.9. The molecule has 0 aliphatic carbocycles. The standard InChI is InChI=1S/C12H12N2O2/c1-8-4-6-16-11(8)10(15)7-9-3-2-5-14-12(9)13/h2-6H,7H2,1H3,(H2,13,14). The molecule has 16 heavy (non-hydrogen) atoms. The van der Waals surface area contributed by atoms with E-state index in [1.807, 2.05) is 6.92 Å². The molecule has 2 heterocycles. The molecule has 4 nitrogen and oxygen atoms in total. The number of hydrogen-bond donors (Lipinski definition) is 1. The van der Waals surface area contributed by atoms with Gasteiger partial charge in [-0.2, -0.15) is 0 Å². The Morgan fingerprint density at radius 1 is 1.50 bits per heavy atom. The first kappa shape index (κ1) is 10.4. The van der Waals surface area contributed by atoms with Gasteiger partial charge in [-0.05, 0) is 24.6 Å². The summed E-state index contributed by atoms with van der Waals surface area (Å²) in [7, 11) is 0. The number of ketones is 1. The SMILES string of the molecule is Cc1ccoc1C(=O)Cc1cccnc1N. The van der Waals surface area contributed by atoms with Crippen molar-refractivity contribution in [1.82, 2.24) is 4.98 Å². The lowest BCUT2D eigenvalue weighted by Crippen LogP contribution is -2.06. The van der Waals surface area contributed by atoms with Gasteiger partial charge in [0.05, 0.1) is 6.26 Å². The van der Waals surface area contributed by atoms with E-state index in [0.29, 0.717) is 11.6 Å². The number of nitrogens with two attached hydrogens (primary N) is 1. The smallest absolute Gasteiger partial charge is 0.202 e. The van der Waals surface area contributed by atoms with Crippen LogP contribution in [-0.2, 0) is 6.42 Å². The van der Waals surface area contributed by atoms with E-state index in [9.17, 15) is 4.79 Å². The van der Waals surface area contributed by atoms with Gasteiger partial charge in [0.15, 0.2) is 5.76 Å². The summed E-state index contributed by atoms with van der Waals surface area (Å²) in [6.07, 6.45) is 3.32. The summed E-state index contributed by atoms with van der Waals surface area (Å²) in [4.78, 5) is 15.8. The molecule has 0 unspecified atom stereocenters. The lowest BCUT2D eigenvalue weighted by molar-refractivity contribution is 0.0965. The van der Waals surface area contributed by atoms with Crippen LogP contribution in [0.2, 0.25) is 0 Å². The van der Waals surface area contributed by atoms with Crippen LogP contribution in [0, 0.1) is 6.92 Å². The zero-order chi connectivity index (χ0) is 11.5. The van der Waals surface area contributed by atoms with Gasteiger partial charge >= 0.3 is 0 Å². The van der Waals surface area contributed by atoms with Crippen LogP contribution in [0.1, 0.15) is 21.7 Å². The molecule has 2 rings (SSSR count). The molecule has 0 aromatic carbocycles. The first-order chi connectivity index (χ1) is 7.68. The highest BCUT2D eigenvalue weighted by Gasteiger charge is 2.14. The lowest BCUT2D eigenvalue weighted by atomic mass is 10.1. The zero-order valence-corrected chi connectivity index (χ0v) is 8.93. The van der Waals surface area contributed by atoms with Crippen LogP contribution in [0.3, 0.4) is 0 Å². The summed E-state index contributed by atoms with van der Waals surface area (Å²) in [5.41, 5.74) is 7.23. The normalized spacial score (nSPS) is 10.3. The molecule has 0 fully saturated rings. The minimum absolute atomic E-state index is 0.0813. The molecular formula is C12H12N2O2. The molecular weight excluding hydrogens is 204 g/mol. The summed E-state index contributed by atoms with van der Waals surface area (Å²) in [6, 6.07) is 5.31. The molecule has 0 spiro atoms.